The number of ether oxygens (including phenoxy) is 1. The maximum Gasteiger partial charge on any atom is 0.209 e. The van der Waals surface area contributed by atoms with E-state index in [0.717, 1.165) is 183 Å². The zero-order valence-corrected chi connectivity index (χ0v) is 74.7. The molecule has 3 aromatic carbocycles. The van der Waals surface area contributed by atoms with Crippen LogP contribution in [0.2, 0.25) is 0 Å². The lowest BCUT2D eigenvalue weighted by molar-refractivity contribution is 0.0341. The largest absolute Gasteiger partial charge is 0.379 e. The lowest BCUT2D eigenvalue weighted by atomic mass is 10.0. The highest BCUT2D eigenvalue weighted by atomic mass is 32.2. The molecule has 21 rings (SSSR count). The SMILES string of the molecule is CN1CCN(Cc2cncc(-c3cnc4n[nH]c(-c5nc6c(-c7cc(F)cc(CNS(C)(=O)=O)c7)cncc6[nH]5)c4c3)c2)CC1.CS(=O)(=O)NCc1cc(F)cc(-c2cncc3[nH]c(-c4[nH]nc5ncc(-c6cncc(CN7CCNCC7)c6)cc45)nc23)c1.CS(=O)(=O)NCc1cc(F)cc(-c2cncc3[nH]c(-c4[nH]nc5ncc(-c6cncc(CN7CCOCC7)c6)cc45)nc23)c1. The van der Waals surface area contributed by atoms with Crippen molar-refractivity contribution in [1.82, 2.24) is 144 Å². The normalized spacial score (nSPS) is 14.6. The fraction of sp³-hybridized carbons (Fsp3) is 0.242. The quantitative estimate of drug-likeness (QED) is 0.0269. The molecule has 42 heteroatoms. The van der Waals surface area contributed by atoms with Crippen LogP contribution < -0.4 is 19.5 Å². The van der Waals surface area contributed by atoms with Gasteiger partial charge in [0, 0.05) is 229 Å². The molecule has 0 aliphatic carbocycles. The second kappa shape index (κ2) is 37.8. The summed E-state index contributed by atoms with van der Waals surface area (Å²) in [6, 6.07) is 25.7. The highest BCUT2D eigenvalue weighted by Crippen LogP contribution is 2.39. The number of morpholine rings is 1. The van der Waals surface area contributed by atoms with E-state index >= 15 is 0 Å². The number of aromatic nitrogens is 21. The minimum atomic E-state index is -3.44. The van der Waals surface area contributed by atoms with Gasteiger partial charge in [-0.25, -0.2) is 82.5 Å². The van der Waals surface area contributed by atoms with E-state index in [-0.39, 0.29) is 19.6 Å². The van der Waals surface area contributed by atoms with Crippen molar-refractivity contribution < 1.29 is 43.2 Å². The molecule has 0 spiro atoms. The monoisotopic (exact) mass is 1850 g/mol. The van der Waals surface area contributed by atoms with Gasteiger partial charge in [-0.1, -0.05) is 0 Å². The third kappa shape index (κ3) is 20.9. The smallest absolute Gasteiger partial charge is 0.209 e. The minimum Gasteiger partial charge on any atom is -0.379 e. The van der Waals surface area contributed by atoms with Crippen LogP contribution in [0.25, 0.3) is 168 Å². The number of hydrogen-bond acceptors (Lipinski definition) is 27. The Balaban J connectivity index is 0.000000129. The van der Waals surface area contributed by atoms with Gasteiger partial charge in [-0.3, -0.25) is 59.9 Å². The number of aromatic amines is 6. The molecule has 36 nitrogen and oxygen atoms in total. The Morgan fingerprint density at radius 2 is 0.654 bits per heavy atom. The van der Waals surface area contributed by atoms with Crippen LogP contribution in [-0.2, 0) is 74.1 Å². The third-order valence-electron chi connectivity index (χ3n) is 23.1. The molecule has 133 heavy (non-hydrogen) atoms. The first-order chi connectivity index (χ1) is 64.3. The number of piperazine rings is 2. The molecule has 18 aromatic rings. The van der Waals surface area contributed by atoms with E-state index < -0.39 is 47.5 Å². The summed E-state index contributed by atoms with van der Waals surface area (Å²) in [6.07, 6.45) is 29.5. The molecule has 0 bridgehead atoms. The van der Waals surface area contributed by atoms with E-state index in [1.54, 1.807) is 74.0 Å². The van der Waals surface area contributed by atoms with Gasteiger partial charge in [-0.2, -0.15) is 15.3 Å². The van der Waals surface area contributed by atoms with Gasteiger partial charge in [0.25, 0.3) is 0 Å². The van der Waals surface area contributed by atoms with Gasteiger partial charge in [-0.15, -0.1) is 0 Å². The second-order valence-corrected chi connectivity index (χ2v) is 38.7. The topological polar surface area (TPSA) is 461 Å². The summed E-state index contributed by atoms with van der Waals surface area (Å²) >= 11 is 0. The molecule has 10 N–H and O–H groups in total. The number of rotatable bonds is 24. The number of nitrogens with zero attached hydrogens (tertiary/aromatic N) is 19. The molecule has 0 unspecified atom stereocenters. The predicted molar refractivity (Wildman–Crippen MR) is 498 cm³/mol. The number of pyridine rings is 9. The number of imidazole rings is 3. The van der Waals surface area contributed by atoms with Crippen molar-refractivity contribution in [1.29, 1.82) is 0 Å². The summed E-state index contributed by atoms with van der Waals surface area (Å²) < 4.78 is 126. The van der Waals surface area contributed by atoms with Gasteiger partial charge in [0.1, 0.15) is 34.5 Å². The number of nitrogens with one attached hydrogen (secondary N) is 10. The van der Waals surface area contributed by atoms with Crippen molar-refractivity contribution >= 4 is 96.3 Å². The zero-order chi connectivity index (χ0) is 91.7. The van der Waals surface area contributed by atoms with Crippen LogP contribution in [0.15, 0.2) is 184 Å². The van der Waals surface area contributed by atoms with Gasteiger partial charge in [0.05, 0.1) is 99.8 Å². The van der Waals surface area contributed by atoms with E-state index in [0.29, 0.717) is 135 Å². The molecule has 15 aromatic heterocycles. The molecule has 18 heterocycles. The van der Waals surface area contributed by atoms with Crippen molar-refractivity contribution in [3.63, 3.8) is 0 Å². The number of fused-ring (bicyclic) bond motifs is 6. The Labute approximate surface area is 759 Å². The molecule has 0 saturated carbocycles. The summed E-state index contributed by atoms with van der Waals surface area (Å²) in [5.74, 6) is 0.0817. The van der Waals surface area contributed by atoms with Crippen molar-refractivity contribution in [2.24, 2.45) is 0 Å². The Hall–Kier alpha value is -13.9. The predicted octanol–water partition coefficient (Wildman–Crippen LogP) is 10.4. The number of halogens is 3. The van der Waals surface area contributed by atoms with Gasteiger partial charge < -0.3 is 29.9 Å². The highest BCUT2D eigenvalue weighted by Gasteiger charge is 2.25. The lowest BCUT2D eigenvalue weighted by Gasteiger charge is -2.32. The zero-order valence-electron chi connectivity index (χ0n) is 72.3. The first-order valence-corrected chi connectivity index (χ1v) is 48.2. The summed E-state index contributed by atoms with van der Waals surface area (Å²) in [5.41, 5.74) is 21.0. The average Bonchev–Trinajstić information content (AvgIpc) is 1.62. The number of likely N-dealkylation sites (N-methyl/N-ethyl adjacent to an activating group) is 1. The van der Waals surface area contributed by atoms with Crippen LogP contribution in [0.1, 0.15) is 33.4 Å². The van der Waals surface area contributed by atoms with Gasteiger partial charge in [-0.05, 0) is 148 Å². The van der Waals surface area contributed by atoms with Crippen LogP contribution in [0, 0.1) is 17.5 Å². The molecule has 3 aliphatic heterocycles. The van der Waals surface area contributed by atoms with Crippen LogP contribution in [0.5, 0.6) is 0 Å². The van der Waals surface area contributed by atoms with E-state index in [9.17, 15) is 38.4 Å². The van der Waals surface area contributed by atoms with Gasteiger partial charge >= 0.3 is 0 Å². The fourth-order valence-electron chi connectivity index (χ4n) is 16.5. The summed E-state index contributed by atoms with van der Waals surface area (Å²) in [5, 5.41) is 28.1. The molecule has 678 valence electrons. The minimum absolute atomic E-state index is 0.0391. The number of H-pyrrole nitrogens is 6. The van der Waals surface area contributed by atoms with Crippen LogP contribution >= 0.6 is 0 Å². The lowest BCUT2D eigenvalue weighted by Crippen LogP contribution is -2.43. The van der Waals surface area contributed by atoms with Crippen LogP contribution in [0.4, 0.5) is 13.2 Å². The Morgan fingerprint density at radius 1 is 0.346 bits per heavy atom. The average molecular weight is 1850 g/mol. The molecule has 3 saturated heterocycles. The third-order valence-corrected chi connectivity index (χ3v) is 25.1. The number of benzene rings is 3. The standard InChI is InChI=1S/C31H31FN10O2S.C30H29FN10O2S.C30H28FN9O3S/c1-41-3-5-42(6-4-41)18-20-8-22(14-33-12-20)23-11-25-29(39-40-30(25)35-15-23)31-37-27-17-34-16-26(28(27)38-31)21-7-19(9-24(32)10-21)13-36-45(2,43)44;1-44(42,43)36-12-18-6-20(9-23(31)8-18)25-15-34-16-26-27(25)38-30(37-26)28-24-10-22(14-35-29(24)40-39-28)21-7-19(11-33-13-21)17-41-4-2-32-3-5-41;1-44(41,42)35-12-18-6-20(9-23(31)8-18)25-15-33-16-26-27(25)37-30(36-26)28-24-10-22(14-34-29(24)39-38-28)21-7-19(11-32-13-21)17-40-2-4-43-5-3-40/h7-12,14-17,36H,3-6,13,18H2,1-2H3,(H,37,38)(H,35,39,40);6-11,13-16,32,36H,2-5,12,17H2,1H3,(H,37,38)(H,35,39,40);6-11,13-16,35H,2-5,12,17H2,1H3,(H,36,37)(H,34,38,39). The van der Waals surface area contributed by atoms with E-state index in [2.05, 4.69) is 155 Å². The molecular weight excluding hydrogens is 1760 g/mol. The number of sulfonamides is 3. The fourth-order valence-corrected chi connectivity index (χ4v) is 17.8. The molecule has 0 radical (unpaired) electrons. The van der Waals surface area contributed by atoms with Crippen molar-refractivity contribution in [3.05, 3.63) is 235 Å². The maximum atomic E-state index is 14.6. The van der Waals surface area contributed by atoms with Gasteiger partial charge in [0.2, 0.25) is 30.1 Å². The van der Waals surface area contributed by atoms with Crippen molar-refractivity contribution in [2.45, 2.75) is 39.3 Å². The van der Waals surface area contributed by atoms with Crippen LogP contribution in [0.3, 0.4) is 0 Å². The number of hydrogen-bond donors (Lipinski definition) is 10. The summed E-state index contributed by atoms with van der Waals surface area (Å²) in [6.45, 7) is 13.8. The summed E-state index contributed by atoms with van der Waals surface area (Å²) in [7, 11) is -8.17. The maximum absolute atomic E-state index is 14.6. The summed E-state index contributed by atoms with van der Waals surface area (Å²) in [4.78, 5) is 74.3. The second-order valence-electron chi connectivity index (χ2n) is 33.2. The molecule has 0 amide bonds. The Kier molecular flexibility index (Phi) is 25.1. The molecule has 0 atom stereocenters. The van der Waals surface area contributed by atoms with E-state index in [1.165, 1.54) is 36.4 Å². The van der Waals surface area contributed by atoms with E-state index in [4.69, 9.17) is 19.7 Å². The Bertz CT molecular complexity index is 7480. The van der Waals surface area contributed by atoms with Crippen molar-refractivity contribution in [2.75, 3.05) is 104 Å². The van der Waals surface area contributed by atoms with Crippen molar-refractivity contribution in [3.8, 4) is 101 Å². The first-order valence-electron chi connectivity index (χ1n) is 42.5. The van der Waals surface area contributed by atoms with Gasteiger partial charge in [0.15, 0.2) is 34.4 Å². The highest BCUT2D eigenvalue weighted by molar-refractivity contribution is 7.89. The molecule has 3 fully saturated rings. The van der Waals surface area contributed by atoms with Crippen LogP contribution in [-0.4, -0.2) is 255 Å². The molecule has 3 aliphatic rings. The molecular formula is C91H88F3N29O7S3. The Morgan fingerprint density at radius 3 is 0.992 bits per heavy atom. The van der Waals surface area contributed by atoms with E-state index in [1.807, 2.05) is 55.4 Å². The first kappa shape index (κ1) is 88.4.